The summed E-state index contributed by atoms with van der Waals surface area (Å²) in [5, 5.41) is 3.52. The van der Waals surface area contributed by atoms with Crippen molar-refractivity contribution in [2.75, 3.05) is 6.54 Å². The smallest absolute Gasteiger partial charge is 0.250 e. The van der Waals surface area contributed by atoms with Gasteiger partial charge in [0.05, 0.1) is 0 Å². The lowest BCUT2D eigenvalue weighted by molar-refractivity contribution is 0.365. The van der Waals surface area contributed by atoms with Gasteiger partial charge >= 0.3 is 0 Å². The Labute approximate surface area is 109 Å². The molecule has 0 aromatic carbocycles. The van der Waals surface area contributed by atoms with E-state index < -0.39 is 0 Å². The van der Waals surface area contributed by atoms with Gasteiger partial charge in [0.25, 0.3) is 5.56 Å². The second-order valence-electron chi connectivity index (χ2n) is 5.81. The average molecular weight is 248 g/mol. The molecule has 0 radical (unpaired) electrons. The van der Waals surface area contributed by atoms with Crippen LogP contribution in [0.15, 0.2) is 16.9 Å². The van der Waals surface area contributed by atoms with Crippen molar-refractivity contribution in [1.29, 1.82) is 0 Å². The molecule has 1 aromatic heterocycles. The highest BCUT2D eigenvalue weighted by molar-refractivity contribution is 5.25. The Bertz CT molecular complexity index is 474. The molecule has 0 fully saturated rings. The summed E-state index contributed by atoms with van der Waals surface area (Å²) in [6.45, 7) is 8.22. The summed E-state index contributed by atoms with van der Waals surface area (Å²) < 4.78 is 1.96. The molecule has 2 rings (SSSR count). The number of rotatable bonds is 5. The molecule has 0 saturated carbocycles. The maximum absolute atomic E-state index is 11.9. The molecule has 1 aliphatic carbocycles. The van der Waals surface area contributed by atoms with Crippen molar-refractivity contribution in [1.82, 2.24) is 9.88 Å². The molecule has 1 heterocycles. The minimum atomic E-state index is 0.145. The van der Waals surface area contributed by atoms with Gasteiger partial charge in [0, 0.05) is 30.4 Å². The van der Waals surface area contributed by atoms with Crippen molar-refractivity contribution in [2.24, 2.45) is 0 Å². The number of pyridine rings is 1. The number of hydrogen-bond acceptors (Lipinski definition) is 2. The van der Waals surface area contributed by atoms with E-state index >= 15 is 0 Å². The normalized spacial score (nSPS) is 14.8. The van der Waals surface area contributed by atoms with Crippen molar-refractivity contribution in [3.63, 3.8) is 0 Å². The van der Waals surface area contributed by atoms with Crippen LogP contribution in [0.2, 0.25) is 0 Å². The Hall–Kier alpha value is -1.09. The lowest BCUT2D eigenvalue weighted by Gasteiger charge is -2.25. The van der Waals surface area contributed by atoms with Crippen LogP contribution in [0.25, 0.3) is 0 Å². The van der Waals surface area contributed by atoms with E-state index in [1.54, 1.807) is 6.07 Å². The zero-order valence-corrected chi connectivity index (χ0v) is 11.8. The van der Waals surface area contributed by atoms with Gasteiger partial charge in [-0.05, 0) is 45.1 Å². The maximum Gasteiger partial charge on any atom is 0.250 e. The van der Waals surface area contributed by atoms with Crippen LogP contribution in [-0.4, -0.2) is 16.7 Å². The quantitative estimate of drug-likeness (QED) is 0.866. The highest BCUT2D eigenvalue weighted by Crippen LogP contribution is 2.19. The van der Waals surface area contributed by atoms with E-state index in [0.29, 0.717) is 0 Å². The van der Waals surface area contributed by atoms with Crippen molar-refractivity contribution >= 4 is 0 Å². The number of aryl methyl sites for hydroxylation is 1. The molecule has 1 aliphatic rings. The molecule has 0 aliphatic heterocycles. The van der Waals surface area contributed by atoms with E-state index in [0.717, 1.165) is 32.4 Å². The summed E-state index contributed by atoms with van der Waals surface area (Å²) in [6.07, 6.45) is 4.47. The molecule has 0 bridgehead atoms. The van der Waals surface area contributed by atoms with Gasteiger partial charge in [-0.1, -0.05) is 13.0 Å². The van der Waals surface area contributed by atoms with E-state index in [9.17, 15) is 4.79 Å². The van der Waals surface area contributed by atoms with E-state index in [1.807, 2.05) is 10.6 Å². The summed E-state index contributed by atoms with van der Waals surface area (Å²) >= 11 is 0. The molecule has 0 spiro atoms. The van der Waals surface area contributed by atoms with E-state index in [1.165, 1.54) is 17.7 Å². The fourth-order valence-corrected chi connectivity index (χ4v) is 2.51. The lowest BCUT2D eigenvalue weighted by atomic mass is 10.0. The minimum absolute atomic E-state index is 0.145. The Kier molecular flexibility index (Phi) is 3.91. The van der Waals surface area contributed by atoms with Crippen molar-refractivity contribution in [2.45, 2.75) is 58.5 Å². The predicted octanol–water partition coefficient (Wildman–Crippen LogP) is 2.12. The predicted molar refractivity (Wildman–Crippen MR) is 75.1 cm³/mol. The number of aromatic nitrogens is 1. The fraction of sp³-hybridized carbons (Fsp3) is 0.667. The Balaban J connectivity index is 2.06. The summed E-state index contributed by atoms with van der Waals surface area (Å²) in [4.78, 5) is 11.9. The summed E-state index contributed by atoms with van der Waals surface area (Å²) in [6, 6.07) is 3.72. The number of hydrogen-bond donors (Lipinski definition) is 1. The standard InChI is InChI=1S/C15H24N2O/c1-4-15(2,3)16-10-11-17-13-7-5-6-12(13)8-9-14(17)18/h8-9,16H,4-7,10-11H2,1-3H3. The van der Waals surface area contributed by atoms with Crippen LogP contribution in [0.3, 0.4) is 0 Å². The zero-order chi connectivity index (χ0) is 13.2. The largest absolute Gasteiger partial charge is 0.311 e. The summed E-state index contributed by atoms with van der Waals surface area (Å²) in [5.41, 5.74) is 2.93. The summed E-state index contributed by atoms with van der Waals surface area (Å²) in [7, 11) is 0. The fourth-order valence-electron chi connectivity index (χ4n) is 2.51. The van der Waals surface area contributed by atoms with Gasteiger partial charge in [0.15, 0.2) is 0 Å². The molecule has 1 N–H and O–H groups in total. The third kappa shape index (κ3) is 2.83. The van der Waals surface area contributed by atoms with E-state index in [-0.39, 0.29) is 11.1 Å². The molecule has 0 unspecified atom stereocenters. The van der Waals surface area contributed by atoms with Gasteiger partial charge < -0.3 is 9.88 Å². The highest BCUT2D eigenvalue weighted by atomic mass is 16.1. The van der Waals surface area contributed by atoms with Crippen molar-refractivity contribution < 1.29 is 0 Å². The van der Waals surface area contributed by atoms with Gasteiger partial charge in [0.1, 0.15) is 0 Å². The molecule has 0 saturated heterocycles. The first-order valence-electron chi connectivity index (χ1n) is 7.00. The van der Waals surface area contributed by atoms with Crippen LogP contribution in [0.4, 0.5) is 0 Å². The first-order valence-corrected chi connectivity index (χ1v) is 7.00. The molecule has 3 heteroatoms. The number of fused-ring (bicyclic) bond motifs is 1. The van der Waals surface area contributed by atoms with Crippen LogP contribution in [0, 0.1) is 0 Å². The molecule has 18 heavy (non-hydrogen) atoms. The number of nitrogens with zero attached hydrogens (tertiary/aromatic N) is 1. The summed E-state index contributed by atoms with van der Waals surface area (Å²) in [5.74, 6) is 0. The van der Waals surface area contributed by atoms with E-state index in [2.05, 4.69) is 26.1 Å². The Morgan fingerprint density at radius 2 is 2.11 bits per heavy atom. The monoisotopic (exact) mass is 248 g/mol. The van der Waals surface area contributed by atoms with E-state index in [4.69, 9.17) is 0 Å². The van der Waals surface area contributed by atoms with Crippen LogP contribution in [-0.2, 0) is 19.4 Å². The second-order valence-corrected chi connectivity index (χ2v) is 5.81. The van der Waals surface area contributed by atoms with Crippen LogP contribution in [0.1, 0.15) is 44.9 Å². The van der Waals surface area contributed by atoms with Crippen LogP contribution in [0.5, 0.6) is 0 Å². The molecule has 100 valence electrons. The molecule has 3 nitrogen and oxygen atoms in total. The minimum Gasteiger partial charge on any atom is -0.311 e. The molecular formula is C15H24N2O. The van der Waals surface area contributed by atoms with Gasteiger partial charge in [-0.2, -0.15) is 0 Å². The highest BCUT2D eigenvalue weighted by Gasteiger charge is 2.17. The third-order valence-electron chi connectivity index (χ3n) is 4.07. The van der Waals surface area contributed by atoms with Gasteiger partial charge in [-0.15, -0.1) is 0 Å². The second kappa shape index (κ2) is 5.27. The molecule has 0 atom stereocenters. The van der Waals surface area contributed by atoms with Crippen molar-refractivity contribution in [3.8, 4) is 0 Å². The Morgan fingerprint density at radius 3 is 2.83 bits per heavy atom. The van der Waals surface area contributed by atoms with Gasteiger partial charge in [-0.25, -0.2) is 0 Å². The molecule has 1 aromatic rings. The number of nitrogens with one attached hydrogen (secondary N) is 1. The molecular weight excluding hydrogens is 224 g/mol. The Morgan fingerprint density at radius 1 is 1.33 bits per heavy atom. The van der Waals surface area contributed by atoms with Crippen LogP contribution >= 0.6 is 0 Å². The first kappa shape index (κ1) is 13.3. The van der Waals surface area contributed by atoms with Crippen molar-refractivity contribution in [3.05, 3.63) is 33.7 Å². The first-order chi connectivity index (χ1) is 8.53. The van der Waals surface area contributed by atoms with Gasteiger partial charge in [0.2, 0.25) is 0 Å². The average Bonchev–Trinajstić information content (AvgIpc) is 2.80. The SMILES string of the molecule is CCC(C)(C)NCCn1c2c(ccc1=O)CCC2. The zero-order valence-electron chi connectivity index (χ0n) is 11.8. The third-order valence-corrected chi connectivity index (χ3v) is 4.07. The lowest BCUT2D eigenvalue weighted by Crippen LogP contribution is -2.41. The maximum atomic E-state index is 11.9. The molecule has 0 amide bonds. The topological polar surface area (TPSA) is 34.0 Å². The van der Waals surface area contributed by atoms with Crippen LogP contribution < -0.4 is 10.9 Å². The van der Waals surface area contributed by atoms with Gasteiger partial charge in [-0.3, -0.25) is 4.79 Å².